The first-order valence-electron chi connectivity index (χ1n) is 7.17. The van der Waals surface area contributed by atoms with Gasteiger partial charge in [-0.2, -0.15) is 0 Å². The highest BCUT2D eigenvalue weighted by Gasteiger charge is 2.56. The van der Waals surface area contributed by atoms with Gasteiger partial charge in [-0.15, -0.1) is 0 Å². The van der Waals surface area contributed by atoms with Crippen LogP contribution in [0.2, 0.25) is 0 Å². The van der Waals surface area contributed by atoms with Crippen molar-refractivity contribution in [2.24, 2.45) is 29.1 Å². The van der Waals surface area contributed by atoms with E-state index < -0.39 is 0 Å². The van der Waals surface area contributed by atoms with Crippen molar-refractivity contribution in [3.63, 3.8) is 0 Å². The summed E-state index contributed by atoms with van der Waals surface area (Å²) in [5.41, 5.74) is -0.0791. The van der Waals surface area contributed by atoms with Crippen molar-refractivity contribution < 1.29 is 14.6 Å². The minimum atomic E-state index is -0.247. The molecular formula is C15H26O3. The Hall–Kier alpha value is -0.570. The molecule has 18 heavy (non-hydrogen) atoms. The Balaban J connectivity index is 2.30. The number of carbonyl (C=O) groups excluding carboxylic acids is 1. The Labute approximate surface area is 110 Å². The Kier molecular flexibility index (Phi) is 3.72. The number of hydrogen-bond acceptors (Lipinski definition) is 3. The zero-order valence-corrected chi connectivity index (χ0v) is 12.0. The minimum absolute atomic E-state index is 0.0223. The topological polar surface area (TPSA) is 46.5 Å². The first kappa shape index (κ1) is 13.9. The number of fused-ring (bicyclic) bond motifs is 1. The summed E-state index contributed by atoms with van der Waals surface area (Å²) in [6.07, 6.45) is 3.61. The van der Waals surface area contributed by atoms with Crippen molar-refractivity contribution >= 4 is 5.97 Å². The second-order valence-corrected chi connectivity index (χ2v) is 6.70. The summed E-state index contributed by atoms with van der Waals surface area (Å²) in [6, 6.07) is 0. The third kappa shape index (κ3) is 1.97. The zero-order chi connectivity index (χ0) is 13.5. The first-order chi connectivity index (χ1) is 8.41. The van der Waals surface area contributed by atoms with Gasteiger partial charge in [0.2, 0.25) is 0 Å². The van der Waals surface area contributed by atoms with E-state index in [1.165, 1.54) is 7.11 Å². The van der Waals surface area contributed by atoms with E-state index in [0.29, 0.717) is 17.8 Å². The number of hydrogen-bond donors (Lipinski definition) is 1. The van der Waals surface area contributed by atoms with Gasteiger partial charge in [0, 0.05) is 0 Å². The van der Waals surface area contributed by atoms with Crippen molar-refractivity contribution in [2.45, 2.75) is 52.6 Å². The molecule has 0 radical (unpaired) electrons. The number of rotatable bonds is 2. The smallest absolute Gasteiger partial charge is 0.309 e. The number of aliphatic hydroxyl groups excluding tert-OH is 1. The first-order valence-corrected chi connectivity index (χ1v) is 7.17. The molecule has 3 heteroatoms. The van der Waals surface area contributed by atoms with Crippen LogP contribution in [0, 0.1) is 29.1 Å². The molecule has 0 spiro atoms. The van der Waals surface area contributed by atoms with Crippen LogP contribution in [0.4, 0.5) is 0 Å². The largest absolute Gasteiger partial charge is 0.469 e. The van der Waals surface area contributed by atoms with Gasteiger partial charge in [-0.1, -0.05) is 20.8 Å². The molecule has 2 rings (SSSR count). The van der Waals surface area contributed by atoms with Crippen LogP contribution in [0.5, 0.6) is 0 Å². The number of methoxy groups -OCH3 is 1. The highest BCUT2D eigenvalue weighted by molar-refractivity contribution is 5.73. The maximum absolute atomic E-state index is 12.2. The quantitative estimate of drug-likeness (QED) is 0.771. The van der Waals surface area contributed by atoms with Crippen LogP contribution in [0.25, 0.3) is 0 Å². The average Bonchev–Trinajstić information content (AvgIpc) is 2.63. The lowest BCUT2D eigenvalue weighted by Crippen LogP contribution is -2.47. The van der Waals surface area contributed by atoms with Gasteiger partial charge in [0.05, 0.1) is 19.1 Å². The van der Waals surface area contributed by atoms with E-state index in [0.717, 1.165) is 25.7 Å². The fourth-order valence-corrected chi connectivity index (χ4v) is 4.36. The molecular weight excluding hydrogens is 228 g/mol. The third-order valence-electron chi connectivity index (χ3n) is 5.60. The van der Waals surface area contributed by atoms with Crippen molar-refractivity contribution in [3.8, 4) is 0 Å². The number of aliphatic hydroxyl groups is 1. The normalized spacial score (nSPS) is 43.9. The second kappa shape index (κ2) is 4.84. The van der Waals surface area contributed by atoms with Gasteiger partial charge in [-0.05, 0) is 48.9 Å². The Morgan fingerprint density at radius 3 is 2.56 bits per heavy atom. The van der Waals surface area contributed by atoms with E-state index in [9.17, 15) is 9.90 Å². The molecule has 0 amide bonds. The summed E-state index contributed by atoms with van der Waals surface area (Å²) in [4.78, 5) is 12.2. The molecule has 2 aliphatic rings. The molecule has 0 aromatic heterocycles. The van der Waals surface area contributed by atoms with Gasteiger partial charge >= 0.3 is 5.97 Å². The van der Waals surface area contributed by atoms with Crippen LogP contribution in [-0.4, -0.2) is 24.3 Å². The van der Waals surface area contributed by atoms with E-state index in [1.54, 1.807) is 0 Å². The standard InChI is InChI=1S/C15H26O3/c1-9(2)10-7-8-15(3)11(5-6-12(15)16)13(10)14(17)18-4/h9-13,16H,5-8H2,1-4H3/t10-,11-,12-,13+,15+/m0/s1. The summed E-state index contributed by atoms with van der Waals surface area (Å²) in [6.45, 7) is 6.53. The fraction of sp³-hybridized carbons (Fsp3) is 0.933. The Morgan fingerprint density at radius 1 is 1.33 bits per heavy atom. The third-order valence-corrected chi connectivity index (χ3v) is 5.60. The molecule has 0 aliphatic heterocycles. The molecule has 0 aromatic carbocycles. The molecule has 104 valence electrons. The number of carbonyl (C=O) groups is 1. The molecule has 0 unspecified atom stereocenters. The molecule has 2 aliphatic carbocycles. The molecule has 2 saturated carbocycles. The highest BCUT2D eigenvalue weighted by atomic mass is 16.5. The second-order valence-electron chi connectivity index (χ2n) is 6.70. The lowest BCUT2D eigenvalue weighted by atomic mass is 9.58. The number of ether oxygens (including phenoxy) is 1. The summed E-state index contributed by atoms with van der Waals surface area (Å²) < 4.78 is 5.04. The molecule has 0 bridgehead atoms. The van der Waals surface area contributed by atoms with Crippen LogP contribution < -0.4 is 0 Å². The zero-order valence-electron chi connectivity index (χ0n) is 12.0. The van der Waals surface area contributed by atoms with Crippen LogP contribution in [0.1, 0.15) is 46.5 Å². The van der Waals surface area contributed by atoms with Gasteiger partial charge < -0.3 is 9.84 Å². The Bertz CT molecular complexity index is 326. The van der Waals surface area contributed by atoms with Gasteiger partial charge in [0.15, 0.2) is 0 Å². The number of esters is 1. The molecule has 1 N–H and O–H groups in total. The molecule has 2 fully saturated rings. The van der Waals surface area contributed by atoms with E-state index >= 15 is 0 Å². The average molecular weight is 254 g/mol. The van der Waals surface area contributed by atoms with Gasteiger partial charge in [-0.3, -0.25) is 4.79 Å². The Morgan fingerprint density at radius 2 is 2.00 bits per heavy atom. The van der Waals surface area contributed by atoms with Crippen LogP contribution in [-0.2, 0) is 9.53 Å². The van der Waals surface area contributed by atoms with Gasteiger partial charge in [0.1, 0.15) is 0 Å². The van der Waals surface area contributed by atoms with Gasteiger partial charge in [0.25, 0.3) is 0 Å². The SMILES string of the molecule is COC(=O)[C@@H]1[C@H](C(C)C)CC[C@@]2(C)[C@@H](O)CC[C@@H]12. The summed E-state index contributed by atoms with van der Waals surface area (Å²) in [5.74, 6) is 1.10. The molecule has 3 nitrogen and oxygen atoms in total. The van der Waals surface area contributed by atoms with Crippen LogP contribution >= 0.6 is 0 Å². The molecule has 0 heterocycles. The maximum Gasteiger partial charge on any atom is 0.309 e. The van der Waals surface area contributed by atoms with Crippen molar-refractivity contribution in [2.75, 3.05) is 7.11 Å². The highest BCUT2D eigenvalue weighted by Crippen LogP contribution is 2.57. The van der Waals surface area contributed by atoms with E-state index in [4.69, 9.17) is 4.74 Å². The monoisotopic (exact) mass is 254 g/mol. The fourth-order valence-electron chi connectivity index (χ4n) is 4.36. The van der Waals surface area contributed by atoms with Gasteiger partial charge in [-0.25, -0.2) is 0 Å². The van der Waals surface area contributed by atoms with Crippen molar-refractivity contribution in [1.82, 2.24) is 0 Å². The van der Waals surface area contributed by atoms with Crippen molar-refractivity contribution in [1.29, 1.82) is 0 Å². The molecule has 0 aromatic rings. The van der Waals surface area contributed by atoms with E-state index in [-0.39, 0.29) is 23.4 Å². The minimum Gasteiger partial charge on any atom is -0.469 e. The van der Waals surface area contributed by atoms with Crippen molar-refractivity contribution in [3.05, 3.63) is 0 Å². The summed E-state index contributed by atoms with van der Waals surface area (Å²) >= 11 is 0. The summed E-state index contributed by atoms with van der Waals surface area (Å²) in [7, 11) is 1.48. The predicted molar refractivity (Wildman–Crippen MR) is 69.9 cm³/mol. The predicted octanol–water partition coefficient (Wildman–Crippen LogP) is 2.62. The molecule has 5 atom stereocenters. The summed E-state index contributed by atoms with van der Waals surface area (Å²) in [5, 5.41) is 10.2. The van der Waals surface area contributed by atoms with Crippen LogP contribution in [0.3, 0.4) is 0 Å². The van der Waals surface area contributed by atoms with E-state index in [1.807, 2.05) is 0 Å². The maximum atomic E-state index is 12.2. The lowest BCUT2D eigenvalue weighted by Gasteiger charge is -2.47. The van der Waals surface area contributed by atoms with E-state index in [2.05, 4.69) is 20.8 Å². The molecule has 0 saturated heterocycles. The lowest BCUT2D eigenvalue weighted by molar-refractivity contribution is -0.158. The van der Waals surface area contributed by atoms with Crippen LogP contribution in [0.15, 0.2) is 0 Å².